The maximum atomic E-state index is 11.9. The number of aryl methyl sites for hydroxylation is 1. The first-order valence-corrected chi connectivity index (χ1v) is 6.07. The molecule has 0 amide bonds. The van der Waals surface area contributed by atoms with Crippen molar-refractivity contribution in [2.24, 2.45) is 12.8 Å². The molecule has 0 radical (unpaired) electrons. The molecule has 1 atom stereocenters. The Balaban J connectivity index is 2.03. The van der Waals surface area contributed by atoms with Gasteiger partial charge < -0.3 is 15.6 Å². The predicted molar refractivity (Wildman–Crippen MR) is 68.6 cm³/mol. The fourth-order valence-electron chi connectivity index (χ4n) is 2.34. The highest BCUT2D eigenvalue weighted by Crippen LogP contribution is 2.18. The Hall–Kier alpha value is -1.89. The van der Waals surface area contributed by atoms with E-state index in [2.05, 4.69) is 20.0 Å². The summed E-state index contributed by atoms with van der Waals surface area (Å²) in [4.78, 5) is 21.5. The van der Waals surface area contributed by atoms with Gasteiger partial charge >= 0.3 is 0 Å². The molecule has 3 N–H and O–H groups in total. The lowest BCUT2D eigenvalue weighted by molar-refractivity contribution is 0.501. The molecule has 18 heavy (non-hydrogen) atoms. The average Bonchev–Trinajstić information content (AvgIpc) is 2.79. The van der Waals surface area contributed by atoms with Gasteiger partial charge in [-0.1, -0.05) is 0 Å². The molecule has 1 unspecified atom stereocenters. The Morgan fingerprint density at radius 2 is 2.39 bits per heavy atom. The van der Waals surface area contributed by atoms with Crippen LogP contribution in [-0.4, -0.2) is 38.9 Å². The SMILES string of the molecule is Cn1ncc2nc(N3CCCC(N)C3)[nH]c2c1=O. The van der Waals surface area contributed by atoms with Gasteiger partial charge in [0.25, 0.3) is 5.56 Å². The number of nitrogens with one attached hydrogen (secondary N) is 1. The third-order valence-electron chi connectivity index (χ3n) is 3.34. The number of rotatable bonds is 1. The van der Waals surface area contributed by atoms with Crippen LogP contribution in [0.2, 0.25) is 0 Å². The summed E-state index contributed by atoms with van der Waals surface area (Å²) in [6, 6.07) is 0.174. The van der Waals surface area contributed by atoms with E-state index in [-0.39, 0.29) is 11.6 Å². The van der Waals surface area contributed by atoms with Crippen molar-refractivity contribution in [3.05, 3.63) is 16.6 Å². The number of fused-ring (bicyclic) bond motifs is 1. The van der Waals surface area contributed by atoms with Crippen LogP contribution in [0.4, 0.5) is 5.95 Å². The largest absolute Gasteiger partial charge is 0.341 e. The molecule has 0 saturated carbocycles. The Labute approximate surface area is 104 Å². The number of hydrogen-bond donors (Lipinski definition) is 2. The van der Waals surface area contributed by atoms with E-state index in [0.717, 1.165) is 25.9 Å². The van der Waals surface area contributed by atoms with E-state index in [1.807, 2.05) is 0 Å². The molecule has 0 spiro atoms. The van der Waals surface area contributed by atoms with Gasteiger partial charge in [-0.2, -0.15) is 5.10 Å². The van der Waals surface area contributed by atoms with Crippen molar-refractivity contribution >= 4 is 17.0 Å². The van der Waals surface area contributed by atoms with Gasteiger partial charge in [0.05, 0.1) is 6.20 Å². The molecule has 2 aromatic rings. The van der Waals surface area contributed by atoms with Crippen LogP contribution in [0.25, 0.3) is 11.0 Å². The summed E-state index contributed by atoms with van der Waals surface area (Å²) in [6.45, 7) is 1.69. The Morgan fingerprint density at radius 3 is 3.17 bits per heavy atom. The summed E-state index contributed by atoms with van der Waals surface area (Å²) in [7, 11) is 1.62. The number of piperidine rings is 1. The smallest absolute Gasteiger partial charge is 0.292 e. The lowest BCUT2D eigenvalue weighted by atomic mass is 10.1. The van der Waals surface area contributed by atoms with E-state index in [0.29, 0.717) is 17.0 Å². The third kappa shape index (κ3) is 1.76. The van der Waals surface area contributed by atoms with Gasteiger partial charge in [-0.25, -0.2) is 9.67 Å². The van der Waals surface area contributed by atoms with Crippen LogP contribution in [0.15, 0.2) is 11.0 Å². The number of hydrogen-bond acceptors (Lipinski definition) is 5. The number of aromatic nitrogens is 4. The number of aromatic amines is 1. The predicted octanol–water partition coefficient (Wildman–Crippen LogP) is -0.416. The molecule has 3 rings (SSSR count). The number of anilines is 1. The minimum atomic E-state index is -0.160. The van der Waals surface area contributed by atoms with Crippen molar-refractivity contribution in [3.8, 4) is 0 Å². The van der Waals surface area contributed by atoms with E-state index in [1.54, 1.807) is 13.2 Å². The van der Waals surface area contributed by atoms with Gasteiger partial charge in [0.1, 0.15) is 11.0 Å². The second-order valence-electron chi connectivity index (χ2n) is 4.74. The maximum absolute atomic E-state index is 11.9. The average molecular weight is 248 g/mol. The molecule has 1 aliphatic heterocycles. The summed E-state index contributed by atoms with van der Waals surface area (Å²) < 4.78 is 1.30. The van der Waals surface area contributed by atoms with E-state index in [4.69, 9.17) is 5.73 Å². The quantitative estimate of drug-likeness (QED) is 0.715. The Bertz CT molecular complexity index is 630. The lowest BCUT2D eigenvalue weighted by Gasteiger charge is -2.30. The topological polar surface area (TPSA) is 92.8 Å². The fraction of sp³-hybridized carbons (Fsp3) is 0.545. The number of nitrogens with zero attached hydrogens (tertiary/aromatic N) is 4. The highest BCUT2D eigenvalue weighted by molar-refractivity contribution is 5.75. The van der Waals surface area contributed by atoms with E-state index in [1.165, 1.54) is 4.68 Å². The molecule has 2 aromatic heterocycles. The summed E-state index contributed by atoms with van der Waals surface area (Å²) >= 11 is 0. The summed E-state index contributed by atoms with van der Waals surface area (Å²) in [5.74, 6) is 0.713. The maximum Gasteiger partial charge on any atom is 0.292 e. The van der Waals surface area contributed by atoms with Crippen LogP contribution < -0.4 is 16.2 Å². The molecule has 7 heteroatoms. The van der Waals surface area contributed by atoms with E-state index >= 15 is 0 Å². The van der Waals surface area contributed by atoms with Crippen molar-refractivity contribution in [1.29, 1.82) is 0 Å². The van der Waals surface area contributed by atoms with Gasteiger partial charge in [-0.15, -0.1) is 0 Å². The molecule has 1 saturated heterocycles. The molecule has 3 heterocycles. The van der Waals surface area contributed by atoms with Crippen molar-refractivity contribution in [3.63, 3.8) is 0 Å². The van der Waals surface area contributed by atoms with Crippen LogP contribution in [0, 0.1) is 0 Å². The zero-order chi connectivity index (χ0) is 12.7. The van der Waals surface area contributed by atoms with Crippen LogP contribution in [0.1, 0.15) is 12.8 Å². The van der Waals surface area contributed by atoms with Crippen LogP contribution in [0.5, 0.6) is 0 Å². The molecular formula is C11H16N6O. The lowest BCUT2D eigenvalue weighted by Crippen LogP contribution is -2.43. The second kappa shape index (κ2) is 4.09. The zero-order valence-electron chi connectivity index (χ0n) is 10.3. The van der Waals surface area contributed by atoms with Crippen molar-refractivity contribution in [2.45, 2.75) is 18.9 Å². The van der Waals surface area contributed by atoms with Crippen molar-refractivity contribution in [1.82, 2.24) is 19.7 Å². The molecule has 0 bridgehead atoms. The molecule has 1 aliphatic rings. The Kier molecular flexibility index (Phi) is 2.55. The monoisotopic (exact) mass is 248 g/mol. The summed E-state index contributed by atoms with van der Waals surface area (Å²) in [6.07, 6.45) is 3.69. The number of imidazole rings is 1. The van der Waals surface area contributed by atoms with Crippen LogP contribution >= 0.6 is 0 Å². The highest BCUT2D eigenvalue weighted by atomic mass is 16.1. The summed E-state index contributed by atoms with van der Waals surface area (Å²) in [5, 5.41) is 3.96. The fourth-order valence-corrected chi connectivity index (χ4v) is 2.34. The second-order valence-corrected chi connectivity index (χ2v) is 4.74. The minimum absolute atomic E-state index is 0.160. The van der Waals surface area contributed by atoms with Gasteiger partial charge in [0.2, 0.25) is 5.95 Å². The van der Waals surface area contributed by atoms with Crippen molar-refractivity contribution in [2.75, 3.05) is 18.0 Å². The van der Waals surface area contributed by atoms with Crippen molar-refractivity contribution < 1.29 is 0 Å². The Morgan fingerprint density at radius 1 is 1.56 bits per heavy atom. The summed E-state index contributed by atoms with van der Waals surface area (Å²) in [5.41, 5.74) is 6.89. The zero-order valence-corrected chi connectivity index (χ0v) is 10.3. The molecule has 96 valence electrons. The number of nitrogens with two attached hydrogens (primary N) is 1. The van der Waals surface area contributed by atoms with Gasteiger partial charge in [-0.05, 0) is 12.8 Å². The van der Waals surface area contributed by atoms with E-state index < -0.39 is 0 Å². The standard InChI is InChI=1S/C11H16N6O/c1-16-10(18)9-8(5-13-16)14-11(15-9)17-4-2-3-7(12)6-17/h5,7H,2-4,6,12H2,1H3,(H,14,15). The van der Waals surface area contributed by atoms with Gasteiger partial charge in [-0.3, -0.25) is 4.79 Å². The van der Waals surface area contributed by atoms with Crippen LogP contribution in [0.3, 0.4) is 0 Å². The molecule has 0 aromatic carbocycles. The molecule has 7 nitrogen and oxygen atoms in total. The minimum Gasteiger partial charge on any atom is -0.341 e. The van der Waals surface area contributed by atoms with Crippen LogP contribution in [-0.2, 0) is 7.05 Å². The first-order valence-electron chi connectivity index (χ1n) is 6.07. The highest BCUT2D eigenvalue weighted by Gasteiger charge is 2.20. The molecular weight excluding hydrogens is 232 g/mol. The van der Waals surface area contributed by atoms with E-state index in [9.17, 15) is 4.79 Å². The third-order valence-corrected chi connectivity index (χ3v) is 3.34. The van der Waals surface area contributed by atoms with Gasteiger partial charge in [0.15, 0.2) is 0 Å². The molecule has 1 fully saturated rings. The first kappa shape index (κ1) is 11.2. The van der Waals surface area contributed by atoms with Gasteiger partial charge in [0, 0.05) is 26.2 Å². The normalized spacial score (nSPS) is 20.6. The first-order chi connectivity index (χ1) is 8.65. The number of H-pyrrole nitrogens is 1. The molecule has 0 aliphatic carbocycles.